The molecule has 1 spiro atoms. The van der Waals surface area contributed by atoms with E-state index in [2.05, 4.69) is 12.2 Å². The van der Waals surface area contributed by atoms with Crippen molar-refractivity contribution in [1.29, 1.82) is 0 Å². The fourth-order valence-electron chi connectivity index (χ4n) is 4.73. The van der Waals surface area contributed by atoms with Crippen LogP contribution in [-0.2, 0) is 9.53 Å². The van der Waals surface area contributed by atoms with Crippen LogP contribution in [0.25, 0.3) is 0 Å². The zero-order valence-corrected chi connectivity index (χ0v) is 12.9. The molecule has 3 heteroatoms. The van der Waals surface area contributed by atoms with Gasteiger partial charge in [0.05, 0.1) is 7.11 Å². The predicted molar refractivity (Wildman–Crippen MR) is 79.5 cm³/mol. The van der Waals surface area contributed by atoms with Crippen molar-refractivity contribution in [2.75, 3.05) is 7.11 Å². The second kappa shape index (κ2) is 5.18. The molecule has 1 saturated carbocycles. The number of carbonyl (C=O) groups excluding carboxylic acids is 1. The number of nitrogens with one attached hydrogen (secondary N) is 1. The van der Waals surface area contributed by atoms with E-state index in [-0.39, 0.29) is 11.5 Å². The lowest BCUT2D eigenvalue weighted by molar-refractivity contribution is -0.148. The molecule has 1 atom stereocenters. The molecule has 0 bridgehead atoms. The van der Waals surface area contributed by atoms with E-state index in [9.17, 15) is 4.79 Å². The van der Waals surface area contributed by atoms with Crippen LogP contribution in [0.2, 0.25) is 0 Å². The summed E-state index contributed by atoms with van der Waals surface area (Å²) in [6.07, 6.45) is 12.2. The zero-order valence-electron chi connectivity index (χ0n) is 12.9. The number of hydrogen-bond donors (Lipinski definition) is 1. The van der Waals surface area contributed by atoms with Crippen LogP contribution >= 0.6 is 0 Å². The molecule has 112 valence electrons. The van der Waals surface area contributed by atoms with Crippen LogP contribution in [0.15, 0.2) is 11.1 Å². The maximum absolute atomic E-state index is 12.5. The first-order valence-electron chi connectivity index (χ1n) is 8.19. The van der Waals surface area contributed by atoms with Crippen LogP contribution in [-0.4, -0.2) is 24.2 Å². The molecule has 0 radical (unpaired) electrons. The monoisotopic (exact) mass is 277 g/mol. The summed E-state index contributed by atoms with van der Waals surface area (Å²) in [5, 5.41) is 3.76. The number of ether oxygens (including phenoxy) is 1. The summed E-state index contributed by atoms with van der Waals surface area (Å²) in [6.45, 7) is 2.05. The van der Waals surface area contributed by atoms with Crippen molar-refractivity contribution in [3.8, 4) is 0 Å². The van der Waals surface area contributed by atoms with Crippen molar-refractivity contribution in [2.45, 2.75) is 82.2 Å². The number of hydrogen-bond acceptors (Lipinski definition) is 3. The second-order valence-electron chi connectivity index (χ2n) is 7.05. The Labute approximate surface area is 122 Å². The van der Waals surface area contributed by atoms with Crippen molar-refractivity contribution in [1.82, 2.24) is 5.32 Å². The van der Waals surface area contributed by atoms with Gasteiger partial charge in [0.2, 0.25) is 0 Å². The Hall–Kier alpha value is -0.830. The molecule has 1 fully saturated rings. The van der Waals surface area contributed by atoms with E-state index >= 15 is 0 Å². The van der Waals surface area contributed by atoms with Gasteiger partial charge < -0.3 is 4.74 Å². The van der Waals surface area contributed by atoms with Crippen molar-refractivity contribution < 1.29 is 9.53 Å². The van der Waals surface area contributed by atoms with Crippen LogP contribution in [0, 0.1) is 0 Å². The van der Waals surface area contributed by atoms with Gasteiger partial charge >= 0.3 is 5.97 Å². The molecular weight excluding hydrogens is 250 g/mol. The molecule has 1 aliphatic heterocycles. The van der Waals surface area contributed by atoms with Gasteiger partial charge in [0.1, 0.15) is 5.54 Å². The maximum Gasteiger partial charge on any atom is 0.330 e. The lowest BCUT2D eigenvalue weighted by Crippen LogP contribution is -2.65. The average Bonchev–Trinajstić information content (AvgIpc) is 2.47. The first-order valence-corrected chi connectivity index (χ1v) is 8.19. The summed E-state index contributed by atoms with van der Waals surface area (Å²) in [5.74, 6) is -0.100. The topological polar surface area (TPSA) is 38.3 Å². The molecule has 3 rings (SSSR count). The summed E-state index contributed by atoms with van der Waals surface area (Å²) in [6, 6.07) is 0. The van der Waals surface area contributed by atoms with Crippen molar-refractivity contribution >= 4 is 5.97 Å². The van der Waals surface area contributed by atoms with Crippen LogP contribution in [0.1, 0.15) is 71.1 Å². The minimum Gasteiger partial charge on any atom is -0.467 e. The molecule has 1 N–H and O–H groups in total. The van der Waals surface area contributed by atoms with E-state index in [0.717, 1.165) is 12.8 Å². The smallest absolute Gasteiger partial charge is 0.330 e. The third-order valence-corrected chi connectivity index (χ3v) is 5.66. The number of rotatable bonds is 1. The fourth-order valence-corrected chi connectivity index (χ4v) is 4.73. The molecule has 20 heavy (non-hydrogen) atoms. The Morgan fingerprint density at radius 1 is 1.10 bits per heavy atom. The molecule has 3 nitrogen and oxygen atoms in total. The van der Waals surface area contributed by atoms with Crippen LogP contribution in [0.3, 0.4) is 0 Å². The average molecular weight is 277 g/mol. The van der Waals surface area contributed by atoms with Gasteiger partial charge in [-0.05, 0) is 57.4 Å². The van der Waals surface area contributed by atoms with E-state index in [4.69, 9.17) is 4.74 Å². The van der Waals surface area contributed by atoms with Crippen LogP contribution in [0.4, 0.5) is 0 Å². The standard InChI is InChI=1S/C17H27NO2/c1-16(15(19)20-2)14-9-5-4-8-13(14)12-17(18-16)10-6-3-7-11-17/h18H,3-12H2,1-2H3. The third kappa shape index (κ3) is 2.20. The first kappa shape index (κ1) is 14.1. The fraction of sp³-hybridized carbons (Fsp3) is 0.824. The highest BCUT2D eigenvalue weighted by Gasteiger charge is 2.50. The lowest BCUT2D eigenvalue weighted by Gasteiger charge is -2.51. The normalized spacial score (nSPS) is 32.9. The predicted octanol–water partition coefficient (Wildman–Crippen LogP) is 3.48. The molecule has 1 heterocycles. The van der Waals surface area contributed by atoms with E-state index in [1.54, 1.807) is 5.57 Å². The minimum absolute atomic E-state index is 0.100. The van der Waals surface area contributed by atoms with Gasteiger partial charge in [-0.15, -0.1) is 0 Å². The van der Waals surface area contributed by atoms with E-state index in [1.807, 2.05) is 0 Å². The highest BCUT2D eigenvalue weighted by molar-refractivity contribution is 5.85. The second-order valence-corrected chi connectivity index (χ2v) is 7.05. The summed E-state index contributed by atoms with van der Waals surface area (Å²) in [5.41, 5.74) is 2.47. The molecular formula is C17H27NO2. The van der Waals surface area contributed by atoms with Gasteiger partial charge in [0.15, 0.2) is 0 Å². The van der Waals surface area contributed by atoms with Gasteiger partial charge in [-0.3, -0.25) is 5.32 Å². The van der Waals surface area contributed by atoms with Gasteiger partial charge in [0, 0.05) is 5.54 Å². The lowest BCUT2D eigenvalue weighted by atomic mass is 9.66. The van der Waals surface area contributed by atoms with Gasteiger partial charge in [0.25, 0.3) is 0 Å². The number of methoxy groups -OCH3 is 1. The van der Waals surface area contributed by atoms with E-state index in [0.29, 0.717) is 0 Å². The third-order valence-electron chi connectivity index (χ3n) is 5.66. The largest absolute Gasteiger partial charge is 0.467 e. The van der Waals surface area contributed by atoms with Crippen molar-refractivity contribution in [2.24, 2.45) is 0 Å². The molecule has 2 aliphatic carbocycles. The maximum atomic E-state index is 12.5. The summed E-state index contributed by atoms with van der Waals surface area (Å²) in [4.78, 5) is 12.5. The Balaban J connectivity index is 1.99. The Bertz CT molecular complexity index is 434. The van der Waals surface area contributed by atoms with Crippen LogP contribution < -0.4 is 5.32 Å². The Kier molecular flexibility index (Phi) is 3.65. The SMILES string of the molecule is COC(=O)C1(C)NC2(CCCCC2)CC2=C1CCCC2. The number of carbonyl (C=O) groups is 1. The van der Waals surface area contributed by atoms with E-state index in [1.165, 1.54) is 64.0 Å². The molecule has 0 aromatic carbocycles. The van der Waals surface area contributed by atoms with Gasteiger partial charge in [-0.1, -0.05) is 24.8 Å². The molecule has 1 unspecified atom stereocenters. The highest BCUT2D eigenvalue weighted by Crippen LogP contribution is 2.46. The quantitative estimate of drug-likeness (QED) is 0.589. The first-order chi connectivity index (χ1) is 9.60. The Morgan fingerprint density at radius 2 is 1.80 bits per heavy atom. The summed E-state index contributed by atoms with van der Waals surface area (Å²) >= 11 is 0. The van der Waals surface area contributed by atoms with Crippen LogP contribution in [0.5, 0.6) is 0 Å². The molecule has 0 saturated heterocycles. The molecule has 0 amide bonds. The molecule has 3 aliphatic rings. The number of esters is 1. The summed E-state index contributed by atoms with van der Waals surface area (Å²) < 4.78 is 5.14. The highest BCUT2D eigenvalue weighted by atomic mass is 16.5. The van der Waals surface area contributed by atoms with Crippen molar-refractivity contribution in [3.63, 3.8) is 0 Å². The summed E-state index contributed by atoms with van der Waals surface area (Å²) in [7, 11) is 1.51. The van der Waals surface area contributed by atoms with Gasteiger partial charge in [-0.25, -0.2) is 4.79 Å². The Morgan fingerprint density at radius 3 is 2.50 bits per heavy atom. The minimum atomic E-state index is -0.583. The molecule has 0 aromatic heterocycles. The van der Waals surface area contributed by atoms with Gasteiger partial charge in [-0.2, -0.15) is 0 Å². The van der Waals surface area contributed by atoms with E-state index < -0.39 is 5.54 Å². The zero-order chi connectivity index (χ0) is 14.2. The molecule has 0 aromatic rings. The van der Waals surface area contributed by atoms with Crippen molar-refractivity contribution in [3.05, 3.63) is 11.1 Å².